The molecule has 0 fully saturated rings. The largest absolute Gasteiger partial charge is 0.497 e. The third kappa shape index (κ3) is 4.68. The van der Waals surface area contributed by atoms with Crippen LogP contribution in [0.4, 0.5) is 5.69 Å². The highest BCUT2D eigenvalue weighted by molar-refractivity contribution is 7.10. The van der Waals surface area contributed by atoms with Gasteiger partial charge in [0.05, 0.1) is 7.11 Å². The summed E-state index contributed by atoms with van der Waals surface area (Å²) < 4.78 is 10.9. The topological polar surface area (TPSA) is 60.5 Å². The lowest BCUT2D eigenvalue weighted by molar-refractivity contribution is -0.111. The van der Waals surface area contributed by atoms with Crippen molar-refractivity contribution in [3.63, 3.8) is 0 Å². The Morgan fingerprint density at radius 1 is 1.12 bits per heavy atom. The Morgan fingerprint density at radius 2 is 1.92 bits per heavy atom. The Hall–Kier alpha value is -3.12. The van der Waals surface area contributed by atoms with Crippen LogP contribution in [0.3, 0.4) is 0 Å². The SMILES string of the molecule is COc1ccc(Oc2ncccc2NC(=O)/C=C/c2cccs2)cc1. The molecule has 6 heteroatoms. The molecule has 25 heavy (non-hydrogen) atoms. The van der Waals surface area contributed by atoms with Crippen LogP contribution in [0.15, 0.2) is 66.2 Å². The summed E-state index contributed by atoms with van der Waals surface area (Å²) in [6, 6.07) is 14.5. The van der Waals surface area contributed by atoms with Gasteiger partial charge in [-0.1, -0.05) is 6.07 Å². The normalized spacial score (nSPS) is 10.6. The van der Waals surface area contributed by atoms with Crippen LogP contribution in [0.5, 0.6) is 17.4 Å². The minimum Gasteiger partial charge on any atom is -0.497 e. The molecule has 0 radical (unpaired) electrons. The Kier molecular flexibility index (Phi) is 5.43. The second-order valence-electron chi connectivity index (χ2n) is 4.97. The molecule has 0 aliphatic carbocycles. The molecule has 0 spiro atoms. The lowest BCUT2D eigenvalue weighted by Crippen LogP contribution is -2.09. The first-order chi connectivity index (χ1) is 12.2. The molecule has 1 amide bonds. The minimum atomic E-state index is -0.249. The van der Waals surface area contributed by atoms with E-state index >= 15 is 0 Å². The van der Waals surface area contributed by atoms with Crippen LogP contribution in [0.2, 0.25) is 0 Å². The average Bonchev–Trinajstić information content (AvgIpc) is 3.16. The molecule has 0 atom stereocenters. The van der Waals surface area contributed by atoms with Crippen molar-refractivity contribution < 1.29 is 14.3 Å². The number of carbonyl (C=O) groups is 1. The summed E-state index contributed by atoms with van der Waals surface area (Å²) in [5.41, 5.74) is 0.499. The number of ether oxygens (including phenoxy) is 2. The van der Waals surface area contributed by atoms with Crippen molar-refractivity contribution in [2.75, 3.05) is 12.4 Å². The van der Waals surface area contributed by atoms with Crippen LogP contribution in [0.25, 0.3) is 6.08 Å². The molecular weight excluding hydrogens is 336 g/mol. The zero-order valence-corrected chi connectivity index (χ0v) is 14.3. The van der Waals surface area contributed by atoms with E-state index in [0.717, 1.165) is 10.6 Å². The summed E-state index contributed by atoms with van der Waals surface area (Å²) in [5.74, 6) is 1.41. The zero-order valence-electron chi connectivity index (χ0n) is 13.5. The van der Waals surface area contributed by atoms with Gasteiger partial charge in [0.1, 0.15) is 17.2 Å². The minimum absolute atomic E-state index is 0.249. The fraction of sp³-hybridized carbons (Fsp3) is 0.0526. The standard InChI is InChI=1S/C19H16N2O3S/c1-23-14-6-8-15(9-7-14)24-19-17(5-2-12-20-19)21-18(22)11-10-16-4-3-13-25-16/h2-13H,1H3,(H,21,22)/b11-10+. The second kappa shape index (κ2) is 8.12. The summed E-state index contributed by atoms with van der Waals surface area (Å²) in [6.07, 6.45) is 4.85. The quantitative estimate of drug-likeness (QED) is 0.659. The van der Waals surface area contributed by atoms with Gasteiger partial charge in [0.2, 0.25) is 11.8 Å². The number of hydrogen-bond acceptors (Lipinski definition) is 5. The molecule has 0 unspecified atom stereocenters. The summed E-state index contributed by atoms with van der Waals surface area (Å²) >= 11 is 1.57. The van der Waals surface area contributed by atoms with Gasteiger partial charge in [0.15, 0.2) is 0 Å². The average molecular weight is 352 g/mol. The van der Waals surface area contributed by atoms with Crippen molar-refractivity contribution in [1.82, 2.24) is 4.98 Å². The van der Waals surface area contributed by atoms with E-state index in [1.807, 2.05) is 17.5 Å². The monoisotopic (exact) mass is 352 g/mol. The molecule has 0 aliphatic heterocycles. The molecule has 3 rings (SSSR count). The zero-order chi connectivity index (χ0) is 17.5. The van der Waals surface area contributed by atoms with E-state index in [2.05, 4.69) is 10.3 Å². The number of nitrogens with one attached hydrogen (secondary N) is 1. The highest BCUT2D eigenvalue weighted by Crippen LogP contribution is 2.28. The van der Waals surface area contributed by atoms with Crippen molar-refractivity contribution in [2.45, 2.75) is 0 Å². The van der Waals surface area contributed by atoms with Gasteiger partial charge < -0.3 is 14.8 Å². The number of nitrogens with zero attached hydrogens (tertiary/aromatic N) is 1. The van der Waals surface area contributed by atoms with Crippen molar-refractivity contribution >= 4 is 29.0 Å². The van der Waals surface area contributed by atoms with E-state index < -0.39 is 0 Å². The predicted octanol–water partition coefficient (Wildman–Crippen LogP) is 4.60. The maximum absolute atomic E-state index is 12.1. The van der Waals surface area contributed by atoms with Gasteiger partial charge in [-0.25, -0.2) is 4.98 Å². The summed E-state index contributed by atoms with van der Waals surface area (Å²) in [4.78, 5) is 17.3. The second-order valence-corrected chi connectivity index (χ2v) is 5.95. The highest BCUT2D eigenvalue weighted by Gasteiger charge is 2.08. The van der Waals surface area contributed by atoms with E-state index in [-0.39, 0.29) is 5.91 Å². The molecule has 0 saturated carbocycles. The van der Waals surface area contributed by atoms with Gasteiger partial charge in [0.25, 0.3) is 0 Å². The molecule has 0 aliphatic rings. The Bertz CT molecular complexity index is 859. The van der Waals surface area contributed by atoms with Crippen LogP contribution in [-0.2, 0) is 4.79 Å². The van der Waals surface area contributed by atoms with Crippen LogP contribution >= 0.6 is 11.3 Å². The lowest BCUT2D eigenvalue weighted by atomic mass is 10.3. The number of carbonyl (C=O) groups excluding carboxylic acids is 1. The van der Waals surface area contributed by atoms with Gasteiger partial charge in [-0.3, -0.25) is 4.79 Å². The molecule has 1 N–H and O–H groups in total. The van der Waals surface area contributed by atoms with Crippen molar-refractivity contribution in [1.29, 1.82) is 0 Å². The first-order valence-electron chi connectivity index (χ1n) is 7.54. The predicted molar refractivity (Wildman–Crippen MR) is 99.3 cm³/mol. The Balaban J connectivity index is 1.70. The van der Waals surface area contributed by atoms with Gasteiger partial charge in [-0.2, -0.15) is 0 Å². The summed E-state index contributed by atoms with van der Waals surface area (Å²) in [6.45, 7) is 0. The molecule has 2 heterocycles. The van der Waals surface area contributed by atoms with Crippen LogP contribution in [-0.4, -0.2) is 18.0 Å². The first kappa shape index (κ1) is 16.7. The highest BCUT2D eigenvalue weighted by atomic mass is 32.1. The molecule has 3 aromatic rings. The number of thiophene rings is 1. The Labute approximate surface area is 149 Å². The number of amides is 1. The molecule has 5 nitrogen and oxygen atoms in total. The lowest BCUT2D eigenvalue weighted by Gasteiger charge is -2.10. The molecule has 0 bridgehead atoms. The van der Waals surface area contributed by atoms with Crippen LogP contribution < -0.4 is 14.8 Å². The van der Waals surface area contributed by atoms with Gasteiger partial charge in [-0.05, 0) is 53.9 Å². The molecular formula is C19H16N2O3S. The van der Waals surface area contributed by atoms with Crippen LogP contribution in [0, 0.1) is 0 Å². The number of rotatable bonds is 6. The van der Waals surface area contributed by atoms with Gasteiger partial charge >= 0.3 is 0 Å². The van der Waals surface area contributed by atoms with Gasteiger partial charge in [-0.15, -0.1) is 11.3 Å². The first-order valence-corrected chi connectivity index (χ1v) is 8.42. The third-order valence-electron chi connectivity index (χ3n) is 3.25. The number of aromatic nitrogens is 1. The molecule has 2 aromatic heterocycles. The van der Waals surface area contributed by atoms with Gasteiger partial charge in [0, 0.05) is 17.2 Å². The number of benzene rings is 1. The maximum Gasteiger partial charge on any atom is 0.248 e. The smallest absolute Gasteiger partial charge is 0.248 e. The fourth-order valence-corrected chi connectivity index (χ4v) is 2.66. The van der Waals surface area contributed by atoms with E-state index in [1.54, 1.807) is 67.1 Å². The van der Waals surface area contributed by atoms with E-state index in [0.29, 0.717) is 17.3 Å². The van der Waals surface area contributed by atoms with E-state index in [9.17, 15) is 4.79 Å². The van der Waals surface area contributed by atoms with E-state index in [1.165, 1.54) is 6.08 Å². The molecule has 0 saturated heterocycles. The molecule has 126 valence electrons. The fourth-order valence-electron chi connectivity index (χ4n) is 2.04. The third-order valence-corrected chi connectivity index (χ3v) is 4.08. The number of pyridine rings is 1. The van der Waals surface area contributed by atoms with E-state index in [4.69, 9.17) is 9.47 Å². The van der Waals surface area contributed by atoms with Crippen molar-refractivity contribution in [2.24, 2.45) is 0 Å². The maximum atomic E-state index is 12.1. The number of hydrogen-bond donors (Lipinski definition) is 1. The van der Waals surface area contributed by atoms with Crippen molar-refractivity contribution in [3.05, 3.63) is 71.1 Å². The summed E-state index contributed by atoms with van der Waals surface area (Å²) in [5, 5.41) is 4.74. The number of methoxy groups -OCH3 is 1. The van der Waals surface area contributed by atoms with Crippen LogP contribution in [0.1, 0.15) is 4.88 Å². The van der Waals surface area contributed by atoms with Crippen molar-refractivity contribution in [3.8, 4) is 17.4 Å². The Morgan fingerprint density at radius 3 is 2.64 bits per heavy atom. The number of anilines is 1. The molecule has 1 aromatic carbocycles. The summed E-state index contributed by atoms with van der Waals surface area (Å²) in [7, 11) is 1.60.